The Labute approximate surface area is 122 Å². The maximum absolute atomic E-state index is 13.4. The Morgan fingerprint density at radius 1 is 1.14 bits per heavy atom. The van der Waals surface area contributed by atoms with E-state index in [2.05, 4.69) is 0 Å². The summed E-state index contributed by atoms with van der Waals surface area (Å²) in [6.07, 6.45) is 0.0324. The summed E-state index contributed by atoms with van der Waals surface area (Å²) in [5, 5.41) is 0. The molecule has 0 heterocycles. The smallest absolute Gasteiger partial charge is 0.140 e. The van der Waals surface area contributed by atoms with Crippen molar-refractivity contribution in [3.8, 4) is 5.75 Å². The van der Waals surface area contributed by atoms with Crippen LogP contribution in [0, 0.1) is 18.6 Å². The van der Waals surface area contributed by atoms with Gasteiger partial charge in [-0.15, -0.1) is 0 Å². The lowest BCUT2D eigenvalue weighted by Gasteiger charge is -2.07. The van der Waals surface area contributed by atoms with Gasteiger partial charge in [-0.25, -0.2) is 8.78 Å². The number of ketones is 1. The second kappa shape index (κ2) is 6.97. The van der Waals surface area contributed by atoms with Gasteiger partial charge in [-0.1, -0.05) is 12.1 Å². The third-order valence-corrected chi connectivity index (χ3v) is 3.03. The summed E-state index contributed by atoms with van der Waals surface area (Å²) < 4.78 is 31.9. The van der Waals surface area contributed by atoms with Crippen LogP contribution in [-0.2, 0) is 11.2 Å². The summed E-state index contributed by atoms with van der Waals surface area (Å²) in [4.78, 5) is 11.8. The van der Waals surface area contributed by atoms with E-state index in [1.807, 2.05) is 31.2 Å². The molecule has 0 saturated carbocycles. The lowest BCUT2D eigenvalue weighted by atomic mass is 10.1. The standard InChI is InChI=1S/C17H16F2O2/c1-12-3-2-4-16(9-12)21-8-7-15(20)11-13-10-14(18)5-6-17(13)19/h2-6,9-10H,7-8,11H2,1H3. The van der Waals surface area contributed by atoms with Crippen LogP contribution >= 0.6 is 0 Å². The highest BCUT2D eigenvalue weighted by molar-refractivity contribution is 5.81. The molecule has 0 fully saturated rings. The number of ether oxygens (including phenoxy) is 1. The molecule has 0 spiro atoms. The maximum atomic E-state index is 13.4. The van der Waals surface area contributed by atoms with Gasteiger partial charge in [0.15, 0.2) is 0 Å². The molecule has 0 saturated heterocycles. The number of carbonyl (C=O) groups excluding carboxylic acids is 1. The van der Waals surface area contributed by atoms with E-state index in [1.165, 1.54) is 0 Å². The first-order chi connectivity index (χ1) is 10.0. The molecule has 0 bridgehead atoms. The molecule has 2 aromatic carbocycles. The fourth-order valence-corrected chi connectivity index (χ4v) is 1.97. The Hall–Kier alpha value is -2.23. The zero-order chi connectivity index (χ0) is 15.2. The van der Waals surface area contributed by atoms with Gasteiger partial charge in [-0.3, -0.25) is 4.79 Å². The normalized spacial score (nSPS) is 10.4. The summed E-state index contributed by atoms with van der Waals surface area (Å²) in [6.45, 7) is 2.17. The number of benzene rings is 2. The number of aryl methyl sites for hydroxylation is 1. The van der Waals surface area contributed by atoms with Crippen molar-refractivity contribution in [1.82, 2.24) is 0 Å². The highest BCUT2D eigenvalue weighted by Gasteiger charge is 2.09. The molecular weight excluding hydrogens is 274 g/mol. The van der Waals surface area contributed by atoms with E-state index in [0.717, 1.165) is 23.8 Å². The fraction of sp³-hybridized carbons (Fsp3) is 0.235. The quantitative estimate of drug-likeness (QED) is 0.807. The van der Waals surface area contributed by atoms with Gasteiger partial charge >= 0.3 is 0 Å². The van der Waals surface area contributed by atoms with Gasteiger partial charge in [0, 0.05) is 12.8 Å². The number of halogens is 2. The minimum Gasteiger partial charge on any atom is -0.493 e. The molecule has 2 nitrogen and oxygen atoms in total. The van der Waals surface area contributed by atoms with E-state index in [0.29, 0.717) is 5.75 Å². The van der Waals surface area contributed by atoms with Crippen LogP contribution in [0.1, 0.15) is 17.5 Å². The first-order valence-electron chi connectivity index (χ1n) is 6.69. The van der Waals surface area contributed by atoms with Crippen molar-refractivity contribution in [2.75, 3.05) is 6.61 Å². The zero-order valence-corrected chi connectivity index (χ0v) is 11.7. The molecule has 2 rings (SSSR count). The SMILES string of the molecule is Cc1cccc(OCCC(=O)Cc2cc(F)ccc2F)c1. The highest BCUT2D eigenvalue weighted by Crippen LogP contribution is 2.14. The Morgan fingerprint density at radius 2 is 1.95 bits per heavy atom. The van der Waals surface area contributed by atoms with Crippen molar-refractivity contribution in [2.45, 2.75) is 19.8 Å². The average molecular weight is 290 g/mol. The Balaban J connectivity index is 1.84. The molecule has 0 aromatic heterocycles. The highest BCUT2D eigenvalue weighted by atomic mass is 19.1. The zero-order valence-electron chi connectivity index (χ0n) is 11.7. The monoisotopic (exact) mass is 290 g/mol. The first kappa shape index (κ1) is 15.2. The summed E-state index contributed by atoms with van der Waals surface area (Å²) in [6, 6.07) is 10.6. The van der Waals surface area contributed by atoms with Crippen molar-refractivity contribution in [1.29, 1.82) is 0 Å². The van der Waals surface area contributed by atoms with Crippen molar-refractivity contribution >= 4 is 5.78 Å². The molecule has 4 heteroatoms. The second-order valence-corrected chi connectivity index (χ2v) is 4.87. The molecule has 0 radical (unpaired) electrons. The van der Waals surface area contributed by atoms with Crippen molar-refractivity contribution in [3.63, 3.8) is 0 Å². The largest absolute Gasteiger partial charge is 0.493 e. The molecule has 0 aliphatic heterocycles. The predicted octanol–water partition coefficient (Wildman–Crippen LogP) is 3.85. The van der Waals surface area contributed by atoms with E-state index in [-0.39, 0.29) is 30.8 Å². The van der Waals surface area contributed by atoms with Crippen LogP contribution in [0.25, 0.3) is 0 Å². The molecule has 21 heavy (non-hydrogen) atoms. The fourth-order valence-electron chi connectivity index (χ4n) is 1.97. The molecule has 0 aliphatic rings. The van der Waals surface area contributed by atoms with Crippen molar-refractivity contribution < 1.29 is 18.3 Å². The van der Waals surface area contributed by atoms with Gasteiger partial charge in [0.05, 0.1) is 6.61 Å². The summed E-state index contributed by atoms with van der Waals surface area (Å²) in [7, 11) is 0. The van der Waals surface area contributed by atoms with Gasteiger partial charge in [0.25, 0.3) is 0 Å². The van der Waals surface area contributed by atoms with E-state index < -0.39 is 11.6 Å². The van der Waals surface area contributed by atoms with Gasteiger partial charge in [-0.05, 0) is 48.4 Å². The van der Waals surface area contributed by atoms with Gasteiger partial charge < -0.3 is 4.74 Å². The Bertz CT molecular complexity index is 638. The maximum Gasteiger partial charge on any atom is 0.140 e. The lowest BCUT2D eigenvalue weighted by molar-refractivity contribution is -0.118. The summed E-state index contributed by atoms with van der Waals surface area (Å²) in [5.74, 6) is -0.605. The minimum absolute atomic E-state index is 0.0792. The number of Topliss-reactive ketones (excluding diaryl/α,β-unsaturated/α-hetero) is 1. The number of rotatable bonds is 6. The topological polar surface area (TPSA) is 26.3 Å². The van der Waals surface area contributed by atoms with Gasteiger partial charge in [0.1, 0.15) is 23.2 Å². The van der Waals surface area contributed by atoms with Crippen LogP contribution in [0.5, 0.6) is 5.75 Å². The van der Waals surface area contributed by atoms with Crippen molar-refractivity contribution in [3.05, 3.63) is 65.2 Å². The third-order valence-electron chi connectivity index (χ3n) is 3.03. The Morgan fingerprint density at radius 3 is 2.71 bits per heavy atom. The van der Waals surface area contributed by atoms with Crippen LogP contribution < -0.4 is 4.74 Å². The molecule has 0 amide bonds. The Kier molecular flexibility index (Phi) is 5.04. The van der Waals surface area contributed by atoms with Crippen LogP contribution in [0.2, 0.25) is 0 Å². The lowest BCUT2D eigenvalue weighted by Crippen LogP contribution is -2.10. The van der Waals surface area contributed by atoms with E-state index in [4.69, 9.17) is 4.74 Å². The molecule has 0 aliphatic carbocycles. The second-order valence-electron chi connectivity index (χ2n) is 4.87. The van der Waals surface area contributed by atoms with E-state index in [1.54, 1.807) is 0 Å². The molecule has 0 N–H and O–H groups in total. The van der Waals surface area contributed by atoms with Crippen LogP contribution in [0.3, 0.4) is 0 Å². The number of carbonyl (C=O) groups is 1. The molecular formula is C17H16F2O2. The third kappa shape index (κ3) is 4.67. The molecule has 0 atom stereocenters. The average Bonchev–Trinajstić information content (AvgIpc) is 2.43. The van der Waals surface area contributed by atoms with Crippen LogP contribution in [-0.4, -0.2) is 12.4 Å². The molecule has 0 unspecified atom stereocenters. The number of hydrogen-bond donors (Lipinski definition) is 0. The molecule has 2 aromatic rings. The van der Waals surface area contributed by atoms with Crippen molar-refractivity contribution in [2.24, 2.45) is 0 Å². The van der Waals surface area contributed by atoms with Gasteiger partial charge in [0.2, 0.25) is 0 Å². The predicted molar refractivity (Wildman–Crippen MR) is 76.4 cm³/mol. The summed E-state index contributed by atoms with van der Waals surface area (Å²) >= 11 is 0. The van der Waals surface area contributed by atoms with E-state index >= 15 is 0 Å². The van der Waals surface area contributed by atoms with Crippen LogP contribution in [0.15, 0.2) is 42.5 Å². The molecule has 110 valence electrons. The van der Waals surface area contributed by atoms with Crippen LogP contribution in [0.4, 0.5) is 8.78 Å². The van der Waals surface area contributed by atoms with Gasteiger partial charge in [-0.2, -0.15) is 0 Å². The van der Waals surface area contributed by atoms with E-state index in [9.17, 15) is 13.6 Å². The number of hydrogen-bond acceptors (Lipinski definition) is 2. The summed E-state index contributed by atoms with van der Waals surface area (Å²) in [5.41, 5.74) is 1.15. The first-order valence-corrected chi connectivity index (χ1v) is 6.69. The minimum atomic E-state index is -0.565.